The Bertz CT molecular complexity index is 318. The largest absolute Gasteiger partial charge is 0.467 e. The predicted molar refractivity (Wildman–Crippen MR) is 51.6 cm³/mol. The molecule has 0 aromatic carbocycles. The SMILES string of the molecule is CN=C(N)NC(=O)NCc1ccco1. The predicted octanol–water partition coefficient (Wildman–Crippen LogP) is 0.0233. The van der Waals surface area contributed by atoms with Crippen molar-refractivity contribution in [3.8, 4) is 0 Å². The zero-order valence-electron chi connectivity index (χ0n) is 7.78. The number of nitrogens with one attached hydrogen (secondary N) is 2. The summed E-state index contributed by atoms with van der Waals surface area (Å²) in [5, 5.41) is 4.87. The molecular formula is C8H12N4O2. The van der Waals surface area contributed by atoms with E-state index in [4.69, 9.17) is 10.2 Å². The van der Waals surface area contributed by atoms with Crippen molar-refractivity contribution in [1.29, 1.82) is 0 Å². The Hall–Kier alpha value is -1.98. The van der Waals surface area contributed by atoms with Crippen LogP contribution in [0.4, 0.5) is 4.79 Å². The molecule has 1 rings (SSSR count). The smallest absolute Gasteiger partial charge is 0.321 e. The van der Waals surface area contributed by atoms with Crippen LogP contribution in [0.25, 0.3) is 0 Å². The van der Waals surface area contributed by atoms with E-state index >= 15 is 0 Å². The number of carbonyl (C=O) groups is 1. The molecule has 0 aliphatic heterocycles. The van der Waals surface area contributed by atoms with Gasteiger partial charge in [-0.25, -0.2) is 4.79 Å². The molecule has 0 aliphatic rings. The molecule has 0 spiro atoms. The maximum atomic E-state index is 11.1. The lowest BCUT2D eigenvalue weighted by Crippen LogP contribution is -2.42. The van der Waals surface area contributed by atoms with Crippen molar-refractivity contribution in [2.45, 2.75) is 6.54 Å². The first kappa shape index (κ1) is 10.1. The maximum Gasteiger partial charge on any atom is 0.321 e. The number of amides is 2. The van der Waals surface area contributed by atoms with Crippen LogP contribution in [0.3, 0.4) is 0 Å². The zero-order chi connectivity index (χ0) is 10.4. The van der Waals surface area contributed by atoms with Crippen LogP contribution in [-0.4, -0.2) is 19.0 Å². The van der Waals surface area contributed by atoms with Crippen molar-refractivity contribution in [2.75, 3.05) is 7.05 Å². The van der Waals surface area contributed by atoms with Crippen molar-refractivity contribution in [3.05, 3.63) is 24.2 Å². The molecule has 0 unspecified atom stereocenters. The molecule has 1 aromatic rings. The highest BCUT2D eigenvalue weighted by atomic mass is 16.3. The average Bonchev–Trinajstić information content (AvgIpc) is 2.67. The standard InChI is InChI=1S/C8H12N4O2/c1-10-7(9)12-8(13)11-5-6-3-2-4-14-6/h2-4H,5H2,1H3,(H4,9,10,11,12,13). The Morgan fingerprint density at radius 2 is 2.50 bits per heavy atom. The first-order chi connectivity index (χ1) is 6.72. The summed E-state index contributed by atoms with van der Waals surface area (Å²) in [6.45, 7) is 0.315. The summed E-state index contributed by atoms with van der Waals surface area (Å²) >= 11 is 0. The highest BCUT2D eigenvalue weighted by Gasteiger charge is 2.02. The average molecular weight is 196 g/mol. The molecule has 0 fully saturated rings. The highest BCUT2D eigenvalue weighted by molar-refractivity contribution is 5.95. The van der Waals surface area contributed by atoms with Crippen molar-refractivity contribution in [2.24, 2.45) is 10.7 Å². The molecule has 4 N–H and O–H groups in total. The summed E-state index contributed by atoms with van der Waals surface area (Å²) in [4.78, 5) is 14.7. The molecule has 0 saturated carbocycles. The van der Waals surface area contributed by atoms with Crippen LogP contribution in [0.15, 0.2) is 27.8 Å². The van der Waals surface area contributed by atoms with Crippen molar-refractivity contribution < 1.29 is 9.21 Å². The van der Waals surface area contributed by atoms with Gasteiger partial charge in [-0.2, -0.15) is 0 Å². The van der Waals surface area contributed by atoms with Crippen LogP contribution in [0.5, 0.6) is 0 Å². The first-order valence-electron chi connectivity index (χ1n) is 4.02. The molecule has 76 valence electrons. The Morgan fingerprint density at radius 1 is 1.71 bits per heavy atom. The number of hydrogen-bond acceptors (Lipinski definition) is 3. The van der Waals surface area contributed by atoms with Crippen LogP contribution in [-0.2, 0) is 6.54 Å². The number of nitrogens with two attached hydrogens (primary N) is 1. The number of nitrogens with zero attached hydrogens (tertiary/aromatic N) is 1. The van der Waals surface area contributed by atoms with Crippen LogP contribution in [0.1, 0.15) is 5.76 Å². The number of urea groups is 1. The van der Waals surface area contributed by atoms with E-state index in [1.54, 1.807) is 12.1 Å². The van der Waals surface area contributed by atoms with Gasteiger partial charge in [-0.05, 0) is 12.1 Å². The molecule has 0 radical (unpaired) electrons. The van der Waals surface area contributed by atoms with E-state index in [9.17, 15) is 4.79 Å². The van der Waals surface area contributed by atoms with Crippen LogP contribution >= 0.6 is 0 Å². The summed E-state index contributed by atoms with van der Waals surface area (Å²) in [6.07, 6.45) is 1.54. The molecule has 0 aliphatic carbocycles. The minimum atomic E-state index is -0.412. The Kier molecular flexibility index (Phi) is 3.54. The number of aliphatic imine (C=N–C) groups is 1. The second kappa shape index (κ2) is 4.90. The van der Waals surface area contributed by atoms with E-state index < -0.39 is 6.03 Å². The first-order valence-corrected chi connectivity index (χ1v) is 4.02. The molecule has 0 atom stereocenters. The fraction of sp³-hybridized carbons (Fsp3) is 0.250. The molecule has 14 heavy (non-hydrogen) atoms. The van der Waals surface area contributed by atoms with Crippen molar-refractivity contribution in [3.63, 3.8) is 0 Å². The van der Waals surface area contributed by atoms with Gasteiger partial charge in [0.1, 0.15) is 5.76 Å². The third-order valence-electron chi connectivity index (χ3n) is 1.49. The van der Waals surface area contributed by atoms with Gasteiger partial charge in [-0.15, -0.1) is 0 Å². The van der Waals surface area contributed by atoms with E-state index in [0.717, 1.165) is 0 Å². The van der Waals surface area contributed by atoms with Gasteiger partial charge in [-0.1, -0.05) is 0 Å². The quantitative estimate of drug-likeness (QED) is 0.460. The Labute approximate surface area is 81.2 Å². The Morgan fingerprint density at radius 3 is 3.07 bits per heavy atom. The van der Waals surface area contributed by atoms with Gasteiger partial charge in [0.2, 0.25) is 0 Å². The summed E-state index contributed by atoms with van der Waals surface area (Å²) < 4.78 is 5.01. The molecule has 6 nitrogen and oxygen atoms in total. The summed E-state index contributed by atoms with van der Waals surface area (Å²) in [5.41, 5.74) is 5.28. The lowest BCUT2D eigenvalue weighted by Gasteiger charge is -2.04. The monoisotopic (exact) mass is 196 g/mol. The van der Waals surface area contributed by atoms with Crippen LogP contribution < -0.4 is 16.4 Å². The van der Waals surface area contributed by atoms with E-state index in [1.165, 1.54) is 13.3 Å². The fourth-order valence-corrected chi connectivity index (χ4v) is 0.797. The highest BCUT2D eigenvalue weighted by Crippen LogP contribution is 1.97. The van der Waals surface area contributed by atoms with Gasteiger partial charge in [-0.3, -0.25) is 10.3 Å². The Balaban J connectivity index is 2.29. The van der Waals surface area contributed by atoms with Crippen molar-refractivity contribution >= 4 is 12.0 Å². The number of rotatable bonds is 2. The minimum Gasteiger partial charge on any atom is -0.467 e. The van der Waals surface area contributed by atoms with E-state index in [1.807, 2.05) is 0 Å². The van der Waals surface area contributed by atoms with Gasteiger partial charge < -0.3 is 15.5 Å². The molecule has 2 amide bonds. The fourth-order valence-electron chi connectivity index (χ4n) is 0.797. The molecule has 0 saturated heterocycles. The minimum absolute atomic E-state index is 0.0712. The topological polar surface area (TPSA) is 92.6 Å². The van der Waals surface area contributed by atoms with Gasteiger partial charge in [0.05, 0.1) is 12.8 Å². The number of hydrogen-bond donors (Lipinski definition) is 3. The molecule has 0 bridgehead atoms. The molecule has 1 heterocycles. The van der Waals surface area contributed by atoms with E-state index in [-0.39, 0.29) is 5.96 Å². The van der Waals surface area contributed by atoms with Crippen LogP contribution in [0, 0.1) is 0 Å². The lowest BCUT2D eigenvalue weighted by molar-refractivity contribution is 0.244. The molecule has 6 heteroatoms. The summed E-state index contributed by atoms with van der Waals surface area (Å²) in [5.74, 6) is 0.745. The van der Waals surface area contributed by atoms with E-state index in [2.05, 4.69) is 15.6 Å². The van der Waals surface area contributed by atoms with Gasteiger partial charge in [0, 0.05) is 7.05 Å². The summed E-state index contributed by atoms with van der Waals surface area (Å²) in [7, 11) is 1.49. The number of carbonyl (C=O) groups excluding carboxylic acids is 1. The van der Waals surface area contributed by atoms with Crippen molar-refractivity contribution in [1.82, 2.24) is 10.6 Å². The molecule has 1 aromatic heterocycles. The zero-order valence-corrected chi connectivity index (χ0v) is 7.78. The van der Waals surface area contributed by atoms with E-state index in [0.29, 0.717) is 12.3 Å². The van der Waals surface area contributed by atoms with Crippen LogP contribution in [0.2, 0.25) is 0 Å². The maximum absolute atomic E-state index is 11.1. The third-order valence-corrected chi connectivity index (χ3v) is 1.49. The number of furan rings is 1. The van der Waals surface area contributed by atoms with Gasteiger partial charge >= 0.3 is 6.03 Å². The van der Waals surface area contributed by atoms with Gasteiger partial charge in [0.15, 0.2) is 5.96 Å². The summed E-state index contributed by atoms with van der Waals surface area (Å²) in [6, 6.07) is 3.10. The second-order valence-corrected chi connectivity index (χ2v) is 2.50. The second-order valence-electron chi connectivity index (χ2n) is 2.50. The van der Waals surface area contributed by atoms with Gasteiger partial charge in [0.25, 0.3) is 0 Å². The molecular weight excluding hydrogens is 184 g/mol. The normalized spacial score (nSPS) is 11.1. The number of guanidine groups is 1. The third kappa shape index (κ3) is 3.18. The lowest BCUT2D eigenvalue weighted by atomic mass is 10.4.